The Kier molecular flexibility index (Phi) is 1.65. The van der Waals surface area contributed by atoms with E-state index in [9.17, 15) is 0 Å². The van der Waals surface area contributed by atoms with Gasteiger partial charge in [0.1, 0.15) is 5.75 Å². The van der Waals surface area contributed by atoms with Crippen molar-refractivity contribution in [2.75, 3.05) is 6.61 Å². The van der Waals surface area contributed by atoms with E-state index in [2.05, 4.69) is 19.6 Å². The zero-order valence-electron chi connectivity index (χ0n) is 7.21. The Balaban J connectivity index is 2.49. The van der Waals surface area contributed by atoms with Crippen LogP contribution < -0.4 is 4.74 Å². The Labute approximate surface area is 72.7 Å². The molecule has 1 aliphatic heterocycles. The molecule has 0 amide bonds. The van der Waals surface area contributed by atoms with Gasteiger partial charge in [-0.25, -0.2) is 0 Å². The smallest absolute Gasteiger partial charge is 0.126 e. The second-order valence-electron chi connectivity index (χ2n) is 3.23. The summed E-state index contributed by atoms with van der Waals surface area (Å²) in [5.41, 5.74) is 2.35. The van der Waals surface area contributed by atoms with Crippen molar-refractivity contribution >= 4 is 5.57 Å². The van der Waals surface area contributed by atoms with Crippen molar-refractivity contribution in [3.05, 3.63) is 36.4 Å². The molecule has 0 fully saturated rings. The van der Waals surface area contributed by atoms with Gasteiger partial charge in [0.05, 0.1) is 6.61 Å². The van der Waals surface area contributed by atoms with Crippen LogP contribution in [0.2, 0.25) is 0 Å². The fraction of sp³-hybridized carbons (Fsp3) is 0.273. The lowest BCUT2D eigenvalue weighted by atomic mass is 9.93. The fourth-order valence-corrected chi connectivity index (χ4v) is 1.44. The molecule has 1 heterocycles. The second kappa shape index (κ2) is 2.67. The summed E-state index contributed by atoms with van der Waals surface area (Å²) < 4.78 is 5.55. The molecule has 0 saturated carbocycles. The molecule has 0 radical (unpaired) electrons. The minimum absolute atomic E-state index is 0.444. The van der Waals surface area contributed by atoms with Crippen LogP contribution in [0.25, 0.3) is 5.57 Å². The summed E-state index contributed by atoms with van der Waals surface area (Å²) in [5, 5.41) is 0. The minimum atomic E-state index is 0.444. The Morgan fingerprint density at radius 3 is 3.00 bits per heavy atom. The maximum Gasteiger partial charge on any atom is 0.126 e. The van der Waals surface area contributed by atoms with Gasteiger partial charge < -0.3 is 4.74 Å². The Hall–Kier alpha value is -1.24. The Morgan fingerprint density at radius 1 is 1.42 bits per heavy atom. The third-order valence-corrected chi connectivity index (χ3v) is 2.32. The second-order valence-corrected chi connectivity index (χ2v) is 3.23. The number of fused-ring (bicyclic) bond motifs is 1. The summed E-state index contributed by atoms with van der Waals surface area (Å²) in [6.07, 6.45) is 0. The highest BCUT2D eigenvalue weighted by Gasteiger charge is 2.18. The average Bonchev–Trinajstić information content (AvgIpc) is 2.12. The van der Waals surface area contributed by atoms with Crippen LogP contribution in [-0.2, 0) is 0 Å². The van der Waals surface area contributed by atoms with Gasteiger partial charge in [0, 0.05) is 11.5 Å². The van der Waals surface area contributed by atoms with E-state index in [1.165, 1.54) is 5.57 Å². The first-order valence-corrected chi connectivity index (χ1v) is 4.20. The Morgan fingerprint density at radius 2 is 2.17 bits per heavy atom. The Bertz CT molecular complexity index is 315. The molecule has 62 valence electrons. The molecule has 1 aliphatic rings. The van der Waals surface area contributed by atoms with E-state index in [0.717, 1.165) is 17.9 Å². The van der Waals surface area contributed by atoms with E-state index in [0.29, 0.717) is 5.92 Å². The standard InChI is InChI=1S/C11H12O/c1-8-7-12-11-6-4-3-5-10(11)9(8)2/h3-6,8H,2,7H2,1H3. The van der Waals surface area contributed by atoms with Gasteiger partial charge in [-0.3, -0.25) is 0 Å². The van der Waals surface area contributed by atoms with Crippen molar-refractivity contribution in [2.24, 2.45) is 5.92 Å². The van der Waals surface area contributed by atoms with Crippen molar-refractivity contribution in [3.8, 4) is 5.75 Å². The summed E-state index contributed by atoms with van der Waals surface area (Å²) in [6.45, 7) is 6.95. The van der Waals surface area contributed by atoms with Crippen LogP contribution in [0, 0.1) is 5.92 Å². The SMILES string of the molecule is C=C1c2ccccc2OCC1C. The predicted octanol–water partition coefficient (Wildman–Crippen LogP) is 2.73. The quantitative estimate of drug-likeness (QED) is 0.567. The number of para-hydroxylation sites is 1. The summed E-state index contributed by atoms with van der Waals surface area (Å²) >= 11 is 0. The lowest BCUT2D eigenvalue weighted by Gasteiger charge is -2.24. The predicted molar refractivity (Wildman–Crippen MR) is 50.1 cm³/mol. The van der Waals surface area contributed by atoms with E-state index >= 15 is 0 Å². The maximum absolute atomic E-state index is 5.55. The van der Waals surface area contributed by atoms with Crippen LogP contribution in [-0.4, -0.2) is 6.61 Å². The molecule has 1 atom stereocenters. The highest BCUT2D eigenvalue weighted by atomic mass is 16.5. The zero-order chi connectivity index (χ0) is 8.55. The van der Waals surface area contributed by atoms with Gasteiger partial charge in [0.15, 0.2) is 0 Å². The highest BCUT2D eigenvalue weighted by molar-refractivity contribution is 5.71. The van der Waals surface area contributed by atoms with E-state index < -0.39 is 0 Å². The molecular weight excluding hydrogens is 148 g/mol. The third kappa shape index (κ3) is 1.02. The van der Waals surface area contributed by atoms with E-state index in [1.807, 2.05) is 18.2 Å². The lowest BCUT2D eigenvalue weighted by Crippen LogP contribution is -2.16. The first kappa shape index (κ1) is 7.41. The molecule has 1 nitrogen and oxygen atoms in total. The lowest BCUT2D eigenvalue weighted by molar-refractivity contribution is 0.276. The van der Waals surface area contributed by atoms with Crippen LogP contribution in [0.5, 0.6) is 5.75 Å². The summed E-state index contributed by atoms with van der Waals surface area (Å²) in [5.74, 6) is 1.42. The fourth-order valence-electron chi connectivity index (χ4n) is 1.44. The number of hydrogen-bond donors (Lipinski definition) is 0. The maximum atomic E-state index is 5.55. The minimum Gasteiger partial charge on any atom is -0.492 e. The summed E-state index contributed by atoms with van der Waals surface area (Å²) in [4.78, 5) is 0. The van der Waals surface area contributed by atoms with Crippen LogP contribution in [0.15, 0.2) is 30.8 Å². The van der Waals surface area contributed by atoms with Gasteiger partial charge in [-0.15, -0.1) is 0 Å². The molecule has 2 rings (SSSR count). The summed E-state index contributed by atoms with van der Waals surface area (Å²) in [6, 6.07) is 8.06. The zero-order valence-corrected chi connectivity index (χ0v) is 7.21. The summed E-state index contributed by atoms with van der Waals surface area (Å²) in [7, 11) is 0. The highest BCUT2D eigenvalue weighted by Crippen LogP contribution is 2.34. The molecule has 0 aromatic heterocycles. The van der Waals surface area contributed by atoms with Crippen molar-refractivity contribution in [3.63, 3.8) is 0 Å². The van der Waals surface area contributed by atoms with Gasteiger partial charge >= 0.3 is 0 Å². The largest absolute Gasteiger partial charge is 0.492 e. The van der Waals surface area contributed by atoms with Gasteiger partial charge in [-0.2, -0.15) is 0 Å². The monoisotopic (exact) mass is 160 g/mol. The molecule has 12 heavy (non-hydrogen) atoms. The molecule has 0 bridgehead atoms. The topological polar surface area (TPSA) is 9.23 Å². The number of rotatable bonds is 0. The van der Waals surface area contributed by atoms with Crippen molar-refractivity contribution < 1.29 is 4.74 Å². The molecule has 0 N–H and O–H groups in total. The van der Waals surface area contributed by atoms with E-state index in [4.69, 9.17) is 4.74 Å². The molecular formula is C11H12O. The normalized spacial score (nSPS) is 21.4. The molecule has 1 aromatic rings. The van der Waals surface area contributed by atoms with Gasteiger partial charge in [-0.1, -0.05) is 31.7 Å². The number of benzene rings is 1. The van der Waals surface area contributed by atoms with Crippen LogP contribution in [0.4, 0.5) is 0 Å². The van der Waals surface area contributed by atoms with Crippen molar-refractivity contribution in [2.45, 2.75) is 6.92 Å². The van der Waals surface area contributed by atoms with Crippen LogP contribution >= 0.6 is 0 Å². The first-order valence-electron chi connectivity index (χ1n) is 4.20. The van der Waals surface area contributed by atoms with E-state index in [1.54, 1.807) is 0 Å². The van der Waals surface area contributed by atoms with Crippen molar-refractivity contribution in [1.82, 2.24) is 0 Å². The molecule has 0 spiro atoms. The number of hydrogen-bond acceptors (Lipinski definition) is 1. The van der Waals surface area contributed by atoms with Crippen LogP contribution in [0.1, 0.15) is 12.5 Å². The third-order valence-electron chi connectivity index (χ3n) is 2.32. The van der Waals surface area contributed by atoms with E-state index in [-0.39, 0.29) is 0 Å². The molecule has 0 saturated heterocycles. The van der Waals surface area contributed by atoms with Gasteiger partial charge in [0.25, 0.3) is 0 Å². The first-order chi connectivity index (χ1) is 5.79. The molecule has 1 aromatic carbocycles. The molecule has 1 unspecified atom stereocenters. The molecule has 0 aliphatic carbocycles. The van der Waals surface area contributed by atoms with Gasteiger partial charge in [-0.05, 0) is 11.6 Å². The number of ether oxygens (including phenoxy) is 1. The van der Waals surface area contributed by atoms with Crippen LogP contribution in [0.3, 0.4) is 0 Å². The molecule has 1 heteroatoms. The van der Waals surface area contributed by atoms with Crippen molar-refractivity contribution in [1.29, 1.82) is 0 Å². The van der Waals surface area contributed by atoms with Gasteiger partial charge in [0.2, 0.25) is 0 Å². The average molecular weight is 160 g/mol.